The number of rotatable bonds is 6. The molecule has 3 aromatic carbocycles. The number of sulfonamides is 1. The van der Waals surface area contributed by atoms with Gasteiger partial charge in [0.25, 0.3) is 0 Å². The van der Waals surface area contributed by atoms with Crippen LogP contribution in [0.25, 0.3) is 10.8 Å². The zero-order valence-corrected chi connectivity index (χ0v) is 15.7. The van der Waals surface area contributed by atoms with Crippen LogP contribution in [0.4, 0.5) is 0 Å². The molecule has 136 valence electrons. The van der Waals surface area contributed by atoms with Crippen LogP contribution in [-0.2, 0) is 10.0 Å². The van der Waals surface area contributed by atoms with Gasteiger partial charge in [0, 0.05) is 12.1 Å². The van der Waals surface area contributed by atoms with E-state index in [1.807, 2.05) is 49.4 Å². The van der Waals surface area contributed by atoms with E-state index >= 15 is 0 Å². The molecule has 5 nitrogen and oxygen atoms in total. The number of methoxy groups -OCH3 is 2. The molecule has 1 atom stereocenters. The molecule has 6 heteroatoms. The summed E-state index contributed by atoms with van der Waals surface area (Å²) in [6.07, 6.45) is 0. The second-order valence-electron chi connectivity index (χ2n) is 5.97. The third kappa shape index (κ3) is 3.66. The summed E-state index contributed by atoms with van der Waals surface area (Å²) in [5, 5.41) is 2.19. The highest BCUT2D eigenvalue weighted by Gasteiger charge is 2.20. The maximum absolute atomic E-state index is 12.7. The van der Waals surface area contributed by atoms with E-state index in [-0.39, 0.29) is 10.9 Å². The molecule has 0 radical (unpaired) electrons. The molecule has 0 spiro atoms. The molecule has 0 heterocycles. The van der Waals surface area contributed by atoms with Crippen LogP contribution < -0.4 is 14.2 Å². The number of ether oxygens (including phenoxy) is 2. The third-order valence-electron chi connectivity index (χ3n) is 4.27. The Morgan fingerprint density at radius 3 is 2.23 bits per heavy atom. The smallest absolute Gasteiger partial charge is 0.241 e. The summed E-state index contributed by atoms with van der Waals surface area (Å²) >= 11 is 0. The summed E-state index contributed by atoms with van der Waals surface area (Å²) in [6.45, 7) is 1.82. The summed E-state index contributed by atoms with van der Waals surface area (Å²) in [5.74, 6) is 0.850. The molecular formula is C20H21NO4S. The Hall–Kier alpha value is -2.57. The van der Waals surface area contributed by atoms with E-state index in [4.69, 9.17) is 9.47 Å². The zero-order chi connectivity index (χ0) is 18.7. The lowest BCUT2D eigenvalue weighted by Crippen LogP contribution is -2.26. The van der Waals surface area contributed by atoms with Crippen LogP contribution in [0.3, 0.4) is 0 Å². The maximum atomic E-state index is 12.7. The lowest BCUT2D eigenvalue weighted by atomic mass is 10.0. The molecule has 0 aromatic heterocycles. The van der Waals surface area contributed by atoms with Crippen molar-refractivity contribution in [1.29, 1.82) is 0 Å². The van der Waals surface area contributed by atoms with Gasteiger partial charge in [0.2, 0.25) is 10.0 Å². The van der Waals surface area contributed by atoms with E-state index in [1.54, 1.807) is 6.07 Å². The number of hydrogen-bond acceptors (Lipinski definition) is 4. The zero-order valence-electron chi connectivity index (χ0n) is 14.9. The highest BCUT2D eigenvalue weighted by Crippen LogP contribution is 2.30. The summed E-state index contributed by atoms with van der Waals surface area (Å²) in [5.41, 5.74) is 0.896. The SMILES string of the molecule is COc1ccc(S(=O)(=O)NC(C)c2ccc3ccccc3c2)cc1OC. The van der Waals surface area contributed by atoms with E-state index in [2.05, 4.69) is 4.72 Å². The average Bonchev–Trinajstić information content (AvgIpc) is 2.66. The summed E-state index contributed by atoms with van der Waals surface area (Å²) in [7, 11) is -0.726. The van der Waals surface area contributed by atoms with Gasteiger partial charge in [0.15, 0.2) is 11.5 Å². The van der Waals surface area contributed by atoms with Gasteiger partial charge in [0.1, 0.15) is 0 Å². The van der Waals surface area contributed by atoms with E-state index in [9.17, 15) is 8.42 Å². The van der Waals surface area contributed by atoms with E-state index in [0.29, 0.717) is 11.5 Å². The monoisotopic (exact) mass is 371 g/mol. The largest absolute Gasteiger partial charge is 0.493 e. The fraction of sp³-hybridized carbons (Fsp3) is 0.200. The Balaban J connectivity index is 1.88. The van der Waals surface area contributed by atoms with Crippen molar-refractivity contribution >= 4 is 20.8 Å². The Labute approximate surface area is 153 Å². The Morgan fingerprint density at radius 2 is 1.54 bits per heavy atom. The fourth-order valence-corrected chi connectivity index (χ4v) is 4.08. The molecule has 1 N–H and O–H groups in total. The van der Waals surface area contributed by atoms with E-state index < -0.39 is 10.0 Å². The van der Waals surface area contributed by atoms with Crippen molar-refractivity contribution in [2.24, 2.45) is 0 Å². The molecular weight excluding hydrogens is 350 g/mol. The predicted octanol–water partition coefficient (Wildman–Crippen LogP) is 3.90. The standard InChI is InChI=1S/C20H21NO4S/c1-14(16-9-8-15-6-4-5-7-17(15)12-16)21-26(22,23)18-10-11-19(24-2)20(13-18)25-3/h4-14,21H,1-3H3. The molecule has 3 rings (SSSR count). The minimum Gasteiger partial charge on any atom is -0.493 e. The van der Waals surface area contributed by atoms with Crippen LogP contribution in [0, 0.1) is 0 Å². The second kappa shape index (κ2) is 7.35. The van der Waals surface area contributed by atoms with Crippen molar-refractivity contribution in [3.63, 3.8) is 0 Å². The highest BCUT2D eigenvalue weighted by atomic mass is 32.2. The summed E-state index contributed by atoms with van der Waals surface area (Å²) in [4.78, 5) is 0.128. The van der Waals surface area contributed by atoms with Crippen molar-refractivity contribution in [3.8, 4) is 11.5 Å². The molecule has 0 aliphatic carbocycles. The fourth-order valence-electron chi connectivity index (χ4n) is 2.83. The third-order valence-corrected chi connectivity index (χ3v) is 5.81. The topological polar surface area (TPSA) is 64.6 Å². The average molecular weight is 371 g/mol. The van der Waals surface area contributed by atoms with Crippen molar-refractivity contribution in [3.05, 3.63) is 66.2 Å². The van der Waals surface area contributed by atoms with Gasteiger partial charge in [-0.05, 0) is 41.5 Å². The van der Waals surface area contributed by atoms with Crippen molar-refractivity contribution < 1.29 is 17.9 Å². The van der Waals surface area contributed by atoms with E-state index in [0.717, 1.165) is 16.3 Å². The first-order chi connectivity index (χ1) is 12.4. The molecule has 0 amide bonds. The maximum Gasteiger partial charge on any atom is 0.241 e. The molecule has 0 fully saturated rings. The van der Waals surface area contributed by atoms with Crippen LogP contribution in [0.15, 0.2) is 65.6 Å². The molecule has 0 saturated heterocycles. The molecule has 0 aliphatic heterocycles. The normalized spacial score (nSPS) is 12.7. The lowest BCUT2D eigenvalue weighted by molar-refractivity contribution is 0.354. The second-order valence-corrected chi connectivity index (χ2v) is 7.68. The predicted molar refractivity (Wildman–Crippen MR) is 102 cm³/mol. The first-order valence-electron chi connectivity index (χ1n) is 8.17. The van der Waals surface area contributed by atoms with Crippen molar-refractivity contribution in [2.45, 2.75) is 17.9 Å². The Morgan fingerprint density at radius 1 is 0.846 bits per heavy atom. The molecule has 26 heavy (non-hydrogen) atoms. The van der Waals surface area contributed by atoms with Crippen molar-refractivity contribution in [2.75, 3.05) is 14.2 Å². The van der Waals surface area contributed by atoms with Crippen LogP contribution in [0.5, 0.6) is 11.5 Å². The van der Waals surface area contributed by atoms with Gasteiger partial charge >= 0.3 is 0 Å². The Bertz CT molecular complexity index is 1030. The Kier molecular flexibility index (Phi) is 5.15. The lowest BCUT2D eigenvalue weighted by Gasteiger charge is -2.16. The summed E-state index contributed by atoms with van der Waals surface area (Å²) < 4.78 is 38.5. The van der Waals surface area contributed by atoms with Gasteiger partial charge in [-0.15, -0.1) is 0 Å². The van der Waals surface area contributed by atoms with E-state index in [1.165, 1.54) is 26.4 Å². The van der Waals surface area contributed by atoms with Gasteiger partial charge in [-0.2, -0.15) is 0 Å². The van der Waals surface area contributed by atoms with Gasteiger partial charge in [-0.3, -0.25) is 0 Å². The molecule has 0 bridgehead atoms. The van der Waals surface area contributed by atoms with Crippen LogP contribution in [0.2, 0.25) is 0 Å². The minimum absolute atomic E-state index is 0.128. The number of hydrogen-bond donors (Lipinski definition) is 1. The molecule has 0 saturated carbocycles. The number of benzene rings is 3. The van der Waals surface area contributed by atoms with Gasteiger partial charge < -0.3 is 9.47 Å². The van der Waals surface area contributed by atoms with Crippen LogP contribution in [0.1, 0.15) is 18.5 Å². The number of nitrogens with one attached hydrogen (secondary N) is 1. The van der Waals surface area contributed by atoms with Gasteiger partial charge in [-0.25, -0.2) is 13.1 Å². The number of fused-ring (bicyclic) bond motifs is 1. The first kappa shape index (κ1) is 18.2. The molecule has 1 unspecified atom stereocenters. The molecule has 3 aromatic rings. The van der Waals surface area contributed by atoms with Crippen LogP contribution >= 0.6 is 0 Å². The highest BCUT2D eigenvalue weighted by molar-refractivity contribution is 7.89. The van der Waals surface area contributed by atoms with Gasteiger partial charge in [0.05, 0.1) is 19.1 Å². The summed E-state index contributed by atoms with van der Waals surface area (Å²) in [6, 6.07) is 18.0. The first-order valence-corrected chi connectivity index (χ1v) is 9.66. The minimum atomic E-state index is -3.70. The quantitative estimate of drug-likeness (QED) is 0.714. The van der Waals surface area contributed by atoms with Crippen LogP contribution in [-0.4, -0.2) is 22.6 Å². The van der Waals surface area contributed by atoms with Crippen molar-refractivity contribution in [1.82, 2.24) is 4.72 Å². The van der Waals surface area contributed by atoms with Gasteiger partial charge in [-0.1, -0.05) is 36.4 Å². The molecule has 0 aliphatic rings.